The highest BCUT2D eigenvalue weighted by molar-refractivity contribution is 7.98. The van der Waals surface area contributed by atoms with E-state index in [1.54, 1.807) is 0 Å². The molecule has 0 bridgehead atoms. The standard InChI is InChI=1S/C18H20N4O2S/c1-4-12-13(22-24-15(12)11-5-6-11)8-25-18-20-16-14(17(23)21-18)9(2)7-10(3)19-16/h7,11H,4-6,8H2,1-3H3,(H,19,20,21,23). The highest BCUT2D eigenvalue weighted by Gasteiger charge is 2.31. The minimum absolute atomic E-state index is 0.146. The number of aryl methyl sites for hydroxylation is 2. The lowest BCUT2D eigenvalue weighted by molar-refractivity contribution is 0.379. The number of hydrogen-bond acceptors (Lipinski definition) is 6. The summed E-state index contributed by atoms with van der Waals surface area (Å²) >= 11 is 1.46. The van der Waals surface area contributed by atoms with Gasteiger partial charge in [-0.25, -0.2) is 9.97 Å². The summed E-state index contributed by atoms with van der Waals surface area (Å²) in [6.45, 7) is 5.94. The summed E-state index contributed by atoms with van der Waals surface area (Å²) in [6, 6.07) is 1.90. The molecule has 7 heteroatoms. The molecule has 6 nitrogen and oxygen atoms in total. The molecule has 1 aliphatic carbocycles. The number of aromatic amines is 1. The van der Waals surface area contributed by atoms with Crippen molar-refractivity contribution >= 4 is 22.8 Å². The van der Waals surface area contributed by atoms with Gasteiger partial charge in [-0.2, -0.15) is 0 Å². The van der Waals surface area contributed by atoms with E-state index in [4.69, 9.17) is 4.52 Å². The lowest BCUT2D eigenvalue weighted by Gasteiger charge is -2.05. The second kappa shape index (κ2) is 6.29. The van der Waals surface area contributed by atoms with Gasteiger partial charge in [0, 0.05) is 22.9 Å². The number of H-pyrrole nitrogens is 1. The zero-order chi connectivity index (χ0) is 17.6. The van der Waals surface area contributed by atoms with Gasteiger partial charge in [-0.3, -0.25) is 4.79 Å². The first-order valence-electron chi connectivity index (χ1n) is 8.55. The lowest BCUT2D eigenvalue weighted by Crippen LogP contribution is -2.12. The van der Waals surface area contributed by atoms with Crippen LogP contribution in [-0.4, -0.2) is 20.1 Å². The molecule has 0 amide bonds. The fourth-order valence-corrected chi connectivity index (χ4v) is 4.00. The van der Waals surface area contributed by atoms with Gasteiger partial charge in [0.25, 0.3) is 5.56 Å². The van der Waals surface area contributed by atoms with Gasteiger partial charge >= 0.3 is 0 Å². The van der Waals surface area contributed by atoms with Crippen LogP contribution in [0.2, 0.25) is 0 Å². The number of nitrogens with zero attached hydrogens (tertiary/aromatic N) is 3. The Kier molecular flexibility index (Phi) is 4.11. The average molecular weight is 356 g/mol. The normalized spacial score (nSPS) is 14.4. The molecule has 3 aromatic rings. The van der Waals surface area contributed by atoms with Gasteiger partial charge in [-0.15, -0.1) is 0 Å². The van der Waals surface area contributed by atoms with E-state index >= 15 is 0 Å². The van der Waals surface area contributed by atoms with Crippen LogP contribution in [0.1, 0.15) is 54.0 Å². The van der Waals surface area contributed by atoms with E-state index in [2.05, 4.69) is 27.0 Å². The maximum atomic E-state index is 12.4. The van der Waals surface area contributed by atoms with Crippen LogP contribution in [-0.2, 0) is 12.2 Å². The zero-order valence-electron chi connectivity index (χ0n) is 14.5. The van der Waals surface area contributed by atoms with Crippen LogP contribution < -0.4 is 5.56 Å². The molecular weight excluding hydrogens is 336 g/mol. The van der Waals surface area contributed by atoms with Gasteiger partial charge in [0.15, 0.2) is 10.8 Å². The zero-order valence-corrected chi connectivity index (χ0v) is 15.4. The number of rotatable bonds is 5. The molecule has 1 saturated carbocycles. The van der Waals surface area contributed by atoms with Crippen LogP contribution in [0.4, 0.5) is 0 Å². The van der Waals surface area contributed by atoms with Crippen LogP contribution in [0.25, 0.3) is 11.0 Å². The Morgan fingerprint density at radius 2 is 2.12 bits per heavy atom. The number of fused-ring (bicyclic) bond motifs is 1. The molecule has 0 atom stereocenters. The molecular formula is C18H20N4O2S. The van der Waals surface area contributed by atoms with Gasteiger partial charge in [0.1, 0.15) is 5.76 Å². The third-order valence-corrected chi connectivity index (χ3v) is 5.41. The second-order valence-electron chi connectivity index (χ2n) is 6.54. The Bertz CT molecular complexity index is 1000. The number of hydrogen-bond donors (Lipinski definition) is 1. The van der Waals surface area contributed by atoms with Crippen LogP contribution in [0.5, 0.6) is 0 Å². The lowest BCUT2D eigenvalue weighted by atomic mass is 10.1. The summed E-state index contributed by atoms with van der Waals surface area (Å²) in [6.07, 6.45) is 3.30. The van der Waals surface area contributed by atoms with E-state index in [1.807, 2.05) is 19.9 Å². The largest absolute Gasteiger partial charge is 0.361 e. The quantitative estimate of drug-likeness (QED) is 0.555. The monoisotopic (exact) mass is 356 g/mol. The van der Waals surface area contributed by atoms with Crippen molar-refractivity contribution < 1.29 is 4.52 Å². The molecule has 1 N–H and O–H groups in total. The fourth-order valence-electron chi connectivity index (χ4n) is 3.18. The van der Waals surface area contributed by atoms with Crippen molar-refractivity contribution in [3.05, 3.63) is 44.7 Å². The molecule has 1 fully saturated rings. The molecule has 0 saturated heterocycles. The maximum absolute atomic E-state index is 12.4. The smallest absolute Gasteiger partial charge is 0.261 e. The highest BCUT2D eigenvalue weighted by atomic mass is 32.2. The molecule has 0 aromatic carbocycles. The molecule has 3 heterocycles. The first-order valence-corrected chi connectivity index (χ1v) is 9.53. The van der Waals surface area contributed by atoms with Gasteiger partial charge in [-0.05, 0) is 44.7 Å². The minimum Gasteiger partial charge on any atom is -0.361 e. The summed E-state index contributed by atoms with van der Waals surface area (Å²) in [5.74, 6) is 2.22. The third kappa shape index (κ3) is 3.08. The number of pyridine rings is 1. The van der Waals surface area contributed by atoms with Crippen molar-refractivity contribution in [3.63, 3.8) is 0 Å². The van der Waals surface area contributed by atoms with Crippen molar-refractivity contribution in [2.24, 2.45) is 0 Å². The average Bonchev–Trinajstić information content (AvgIpc) is 3.31. The Morgan fingerprint density at radius 3 is 2.84 bits per heavy atom. The summed E-state index contributed by atoms with van der Waals surface area (Å²) in [5, 5.41) is 5.37. The first-order chi connectivity index (χ1) is 12.1. The Morgan fingerprint density at radius 1 is 1.32 bits per heavy atom. The molecule has 0 aliphatic heterocycles. The predicted octanol–water partition coefficient (Wildman–Crippen LogP) is 3.66. The van der Waals surface area contributed by atoms with Crippen molar-refractivity contribution in [1.82, 2.24) is 20.1 Å². The number of thioether (sulfide) groups is 1. The molecule has 130 valence electrons. The van der Waals surface area contributed by atoms with Crippen molar-refractivity contribution in [1.29, 1.82) is 0 Å². The van der Waals surface area contributed by atoms with E-state index in [1.165, 1.54) is 30.2 Å². The Labute approximate surface area is 149 Å². The minimum atomic E-state index is -0.146. The van der Waals surface area contributed by atoms with Crippen LogP contribution in [0, 0.1) is 13.8 Å². The molecule has 3 aromatic heterocycles. The van der Waals surface area contributed by atoms with E-state index in [-0.39, 0.29) is 5.56 Å². The molecule has 4 rings (SSSR count). The van der Waals surface area contributed by atoms with Gasteiger partial charge in [0.05, 0.1) is 11.1 Å². The van der Waals surface area contributed by atoms with E-state index in [0.29, 0.717) is 27.9 Å². The fraction of sp³-hybridized carbons (Fsp3) is 0.444. The van der Waals surface area contributed by atoms with Gasteiger partial charge < -0.3 is 9.51 Å². The highest BCUT2D eigenvalue weighted by Crippen LogP contribution is 2.43. The Hall–Kier alpha value is -2.15. The van der Waals surface area contributed by atoms with E-state index in [9.17, 15) is 4.79 Å². The second-order valence-corrected chi connectivity index (χ2v) is 7.50. The summed E-state index contributed by atoms with van der Waals surface area (Å²) in [7, 11) is 0. The molecule has 1 aliphatic rings. The molecule has 0 spiro atoms. The van der Waals surface area contributed by atoms with Crippen molar-refractivity contribution in [3.8, 4) is 0 Å². The number of nitrogens with one attached hydrogen (secondary N) is 1. The van der Waals surface area contributed by atoms with Crippen LogP contribution in [0.15, 0.2) is 20.5 Å². The van der Waals surface area contributed by atoms with E-state index < -0.39 is 0 Å². The SMILES string of the molecule is CCc1c(CSc2nc3nc(C)cc(C)c3c(=O)[nH]2)noc1C1CC1. The number of aromatic nitrogens is 4. The predicted molar refractivity (Wildman–Crippen MR) is 97.0 cm³/mol. The topological polar surface area (TPSA) is 84.7 Å². The summed E-state index contributed by atoms with van der Waals surface area (Å²) in [5.41, 5.74) is 4.27. The van der Waals surface area contributed by atoms with Crippen LogP contribution in [0.3, 0.4) is 0 Å². The van der Waals surface area contributed by atoms with Crippen LogP contribution >= 0.6 is 11.8 Å². The maximum Gasteiger partial charge on any atom is 0.261 e. The summed E-state index contributed by atoms with van der Waals surface area (Å²) in [4.78, 5) is 24.2. The van der Waals surface area contributed by atoms with Gasteiger partial charge in [0.2, 0.25) is 0 Å². The molecule has 0 unspecified atom stereocenters. The Balaban J connectivity index is 1.62. The summed E-state index contributed by atoms with van der Waals surface area (Å²) < 4.78 is 5.56. The third-order valence-electron chi connectivity index (χ3n) is 4.53. The van der Waals surface area contributed by atoms with Gasteiger partial charge in [-0.1, -0.05) is 23.8 Å². The molecule has 25 heavy (non-hydrogen) atoms. The molecule has 0 radical (unpaired) electrons. The van der Waals surface area contributed by atoms with E-state index in [0.717, 1.165) is 29.1 Å². The first kappa shape index (κ1) is 16.3. The van der Waals surface area contributed by atoms with Crippen molar-refractivity contribution in [2.75, 3.05) is 0 Å². The van der Waals surface area contributed by atoms with Crippen molar-refractivity contribution in [2.45, 2.75) is 56.9 Å².